The third kappa shape index (κ3) is 5.38. The molecule has 1 aromatic carbocycles. The van der Waals surface area contributed by atoms with Crippen molar-refractivity contribution in [2.24, 2.45) is 0 Å². The highest BCUT2D eigenvalue weighted by Gasteiger charge is 2.30. The zero-order valence-electron chi connectivity index (χ0n) is 18.1. The summed E-state index contributed by atoms with van der Waals surface area (Å²) in [7, 11) is 1.86. The number of alkyl halides is 3. The molecule has 0 unspecified atom stereocenters. The molecule has 0 saturated heterocycles. The van der Waals surface area contributed by atoms with E-state index in [9.17, 15) is 18.0 Å². The van der Waals surface area contributed by atoms with Gasteiger partial charge in [0.1, 0.15) is 17.6 Å². The molecule has 2 aromatic heterocycles. The second kappa shape index (κ2) is 8.93. The van der Waals surface area contributed by atoms with Gasteiger partial charge in [-0.25, -0.2) is 9.67 Å². The van der Waals surface area contributed by atoms with Gasteiger partial charge in [-0.15, -0.1) is 5.10 Å². The van der Waals surface area contributed by atoms with Crippen LogP contribution in [-0.4, -0.2) is 44.5 Å². The predicted molar refractivity (Wildman–Crippen MR) is 120 cm³/mol. The molecule has 0 saturated carbocycles. The Morgan fingerprint density at radius 2 is 2.06 bits per heavy atom. The van der Waals surface area contributed by atoms with Gasteiger partial charge in [0.15, 0.2) is 0 Å². The fourth-order valence-electron chi connectivity index (χ4n) is 3.50. The minimum absolute atomic E-state index is 0.0743. The smallest absolute Gasteiger partial charge is 0.364 e. The number of aryl methyl sites for hydroxylation is 1. The molecule has 33 heavy (non-hydrogen) atoms. The number of anilines is 3. The van der Waals surface area contributed by atoms with Gasteiger partial charge >= 0.3 is 5.51 Å². The van der Waals surface area contributed by atoms with Gasteiger partial charge < -0.3 is 15.5 Å². The Labute approximate surface area is 192 Å². The third-order valence-corrected chi connectivity index (χ3v) is 6.00. The van der Waals surface area contributed by atoms with Crippen LogP contribution in [-0.2, 0) is 17.9 Å². The molecular formula is C21H22F3N7OS. The lowest BCUT2D eigenvalue weighted by Gasteiger charge is -2.34. The topological polar surface area (TPSA) is 88.0 Å². The van der Waals surface area contributed by atoms with Crippen molar-refractivity contribution in [1.82, 2.24) is 20.0 Å². The van der Waals surface area contributed by atoms with E-state index in [0.29, 0.717) is 41.5 Å². The molecule has 3 heterocycles. The first-order valence-electron chi connectivity index (χ1n) is 10.1. The number of carbonyl (C=O) groups is 1. The SMILES string of the molecule is Cc1nc(NCc2cn(Cc3cccc(SC(F)(F)F)c3)nn2)cc2c1NC(=O)[C@H](C)N2C. The highest BCUT2D eigenvalue weighted by Crippen LogP contribution is 2.37. The highest BCUT2D eigenvalue weighted by atomic mass is 32.2. The van der Waals surface area contributed by atoms with Crippen molar-refractivity contribution in [2.75, 3.05) is 22.6 Å². The number of rotatable bonds is 6. The summed E-state index contributed by atoms with van der Waals surface area (Å²) in [6, 6.07) is 7.83. The average Bonchev–Trinajstić information content (AvgIpc) is 3.18. The second-order valence-corrected chi connectivity index (χ2v) is 8.86. The Kier molecular flexibility index (Phi) is 6.19. The molecule has 3 aromatic rings. The molecular weight excluding hydrogens is 455 g/mol. The summed E-state index contributed by atoms with van der Waals surface area (Å²) in [4.78, 5) is 18.6. The molecule has 12 heteroatoms. The van der Waals surface area contributed by atoms with Crippen LogP contribution in [0, 0.1) is 6.92 Å². The Hall–Kier alpha value is -3.28. The molecule has 1 aliphatic heterocycles. The van der Waals surface area contributed by atoms with Gasteiger partial charge in [0.25, 0.3) is 0 Å². The van der Waals surface area contributed by atoms with E-state index in [1.807, 2.05) is 31.9 Å². The normalized spacial score (nSPS) is 15.9. The molecule has 0 radical (unpaired) electrons. The van der Waals surface area contributed by atoms with E-state index in [0.717, 1.165) is 5.69 Å². The van der Waals surface area contributed by atoms with Crippen molar-refractivity contribution >= 4 is 34.9 Å². The summed E-state index contributed by atoms with van der Waals surface area (Å²) in [5, 5.41) is 14.3. The summed E-state index contributed by atoms with van der Waals surface area (Å²) in [5.74, 6) is 0.558. The van der Waals surface area contributed by atoms with Crippen LogP contribution in [0.15, 0.2) is 41.4 Å². The number of carbonyl (C=O) groups excluding carboxylic acids is 1. The fraction of sp³-hybridized carbons (Fsp3) is 0.333. The van der Waals surface area contributed by atoms with Gasteiger partial charge in [-0.1, -0.05) is 17.3 Å². The number of aromatic nitrogens is 4. The number of hydrogen-bond donors (Lipinski definition) is 2. The van der Waals surface area contributed by atoms with E-state index in [1.165, 1.54) is 12.1 Å². The maximum absolute atomic E-state index is 12.6. The molecule has 4 rings (SSSR count). The van der Waals surface area contributed by atoms with E-state index in [4.69, 9.17) is 0 Å². The largest absolute Gasteiger partial charge is 0.446 e. The van der Waals surface area contributed by atoms with Gasteiger partial charge in [-0.2, -0.15) is 13.2 Å². The molecule has 0 fully saturated rings. The maximum atomic E-state index is 12.6. The van der Waals surface area contributed by atoms with Crippen molar-refractivity contribution in [3.63, 3.8) is 0 Å². The van der Waals surface area contributed by atoms with Crippen LogP contribution in [0.5, 0.6) is 0 Å². The number of fused-ring (bicyclic) bond motifs is 1. The van der Waals surface area contributed by atoms with Crippen LogP contribution >= 0.6 is 11.8 Å². The Bertz CT molecular complexity index is 1180. The van der Waals surface area contributed by atoms with Gasteiger partial charge in [0, 0.05) is 18.0 Å². The van der Waals surface area contributed by atoms with Crippen LogP contribution in [0.1, 0.15) is 23.9 Å². The van der Waals surface area contributed by atoms with E-state index < -0.39 is 5.51 Å². The monoisotopic (exact) mass is 477 g/mol. The number of halogens is 3. The van der Waals surface area contributed by atoms with E-state index in [-0.39, 0.29) is 28.6 Å². The van der Waals surface area contributed by atoms with E-state index in [2.05, 4.69) is 25.9 Å². The summed E-state index contributed by atoms with van der Waals surface area (Å²) in [5.41, 5.74) is -0.711. The van der Waals surface area contributed by atoms with Crippen molar-refractivity contribution in [2.45, 2.75) is 43.4 Å². The lowest BCUT2D eigenvalue weighted by atomic mass is 10.1. The molecule has 0 bridgehead atoms. The van der Waals surface area contributed by atoms with Crippen molar-refractivity contribution in [3.8, 4) is 0 Å². The molecule has 1 atom stereocenters. The number of pyridine rings is 1. The predicted octanol–water partition coefficient (Wildman–Crippen LogP) is 4.03. The van der Waals surface area contributed by atoms with Crippen LogP contribution in [0.2, 0.25) is 0 Å². The minimum Gasteiger partial charge on any atom is -0.364 e. The number of nitrogens with zero attached hydrogens (tertiary/aromatic N) is 5. The highest BCUT2D eigenvalue weighted by molar-refractivity contribution is 8.00. The molecule has 0 aliphatic carbocycles. The van der Waals surface area contributed by atoms with Crippen LogP contribution < -0.4 is 15.5 Å². The Morgan fingerprint density at radius 1 is 1.27 bits per heavy atom. The molecule has 1 amide bonds. The molecule has 174 valence electrons. The third-order valence-electron chi connectivity index (χ3n) is 5.28. The van der Waals surface area contributed by atoms with Crippen molar-refractivity contribution in [3.05, 3.63) is 53.5 Å². The number of thioether (sulfide) groups is 1. The Balaban J connectivity index is 1.42. The molecule has 1 aliphatic rings. The number of nitrogens with one attached hydrogen (secondary N) is 2. The first-order chi connectivity index (χ1) is 15.6. The number of likely N-dealkylation sites (N-methyl/N-ethyl adjacent to an activating group) is 1. The quantitative estimate of drug-likeness (QED) is 0.519. The van der Waals surface area contributed by atoms with Crippen LogP contribution in [0.4, 0.5) is 30.4 Å². The first kappa shape index (κ1) is 22.9. The standard InChI is InChI=1S/C21H22F3N7OS/c1-12-19-17(30(3)13(2)20(32)27-19)8-18(26-12)25-9-15-11-31(29-28-15)10-14-5-4-6-16(7-14)33-21(22,23)24/h4-8,11,13H,9-10H2,1-3H3,(H,25,26)(H,27,32)/t13-/m0/s1. The lowest BCUT2D eigenvalue weighted by Crippen LogP contribution is -2.44. The van der Waals surface area contributed by atoms with Crippen LogP contribution in [0.3, 0.4) is 0 Å². The van der Waals surface area contributed by atoms with E-state index >= 15 is 0 Å². The van der Waals surface area contributed by atoms with Gasteiger partial charge in [-0.05, 0) is 43.3 Å². The summed E-state index contributed by atoms with van der Waals surface area (Å²) in [6.45, 7) is 4.32. The average molecular weight is 478 g/mol. The summed E-state index contributed by atoms with van der Waals surface area (Å²) < 4.78 is 39.4. The molecule has 8 nitrogen and oxygen atoms in total. The van der Waals surface area contributed by atoms with Crippen LogP contribution in [0.25, 0.3) is 0 Å². The second-order valence-electron chi connectivity index (χ2n) is 7.72. The zero-order valence-corrected chi connectivity index (χ0v) is 19.0. The minimum atomic E-state index is -4.33. The number of benzene rings is 1. The zero-order chi connectivity index (χ0) is 23.8. The number of hydrogen-bond acceptors (Lipinski definition) is 7. The summed E-state index contributed by atoms with van der Waals surface area (Å²) >= 11 is -0.141. The van der Waals surface area contributed by atoms with Crippen molar-refractivity contribution in [1.29, 1.82) is 0 Å². The van der Waals surface area contributed by atoms with Gasteiger partial charge in [-0.3, -0.25) is 4.79 Å². The van der Waals surface area contributed by atoms with E-state index in [1.54, 1.807) is 23.0 Å². The number of amides is 1. The summed E-state index contributed by atoms with van der Waals surface area (Å²) in [6.07, 6.45) is 1.73. The molecule has 0 spiro atoms. The lowest BCUT2D eigenvalue weighted by molar-refractivity contribution is -0.117. The maximum Gasteiger partial charge on any atom is 0.446 e. The first-order valence-corrected chi connectivity index (χ1v) is 10.9. The fourth-order valence-corrected chi connectivity index (χ4v) is 4.12. The van der Waals surface area contributed by atoms with Gasteiger partial charge in [0.05, 0.1) is 36.4 Å². The molecule has 2 N–H and O–H groups in total. The van der Waals surface area contributed by atoms with Gasteiger partial charge in [0.2, 0.25) is 5.91 Å². The Morgan fingerprint density at radius 3 is 2.82 bits per heavy atom. The van der Waals surface area contributed by atoms with Crippen molar-refractivity contribution < 1.29 is 18.0 Å².